The van der Waals surface area contributed by atoms with Crippen LogP contribution in [0.3, 0.4) is 0 Å². The average Bonchev–Trinajstić information content (AvgIpc) is 2.72. The number of nitrogens with zero attached hydrogens (tertiary/aromatic N) is 2. The van der Waals surface area contributed by atoms with Gasteiger partial charge in [0.05, 0.1) is 5.92 Å². The fourth-order valence-electron chi connectivity index (χ4n) is 2.54. The molecular weight excluding hydrogens is 266 g/mol. The maximum Gasteiger partial charge on any atom is 0.316 e. The van der Waals surface area contributed by atoms with Gasteiger partial charge in [0.1, 0.15) is 0 Å². The summed E-state index contributed by atoms with van der Waals surface area (Å²) in [6.07, 6.45) is 7.62. The first kappa shape index (κ1) is 18.0. The van der Waals surface area contributed by atoms with Gasteiger partial charge in [-0.25, -0.2) is 4.99 Å². The molecule has 5 nitrogen and oxygen atoms in total. The van der Waals surface area contributed by atoms with E-state index in [0.717, 1.165) is 38.6 Å². The lowest BCUT2D eigenvalue weighted by molar-refractivity contribution is -0.140. The van der Waals surface area contributed by atoms with Gasteiger partial charge in [0.2, 0.25) is 0 Å². The number of rotatable bonds is 6. The van der Waals surface area contributed by atoms with Gasteiger partial charge >= 0.3 is 5.97 Å². The molecule has 0 spiro atoms. The zero-order valence-electron chi connectivity index (χ0n) is 13.9. The van der Waals surface area contributed by atoms with Gasteiger partial charge in [-0.2, -0.15) is 0 Å². The SMILES string of the molecule is CCNC(=NCCCN(C)C)OC(=O)C1CCCCCC1. The summed E-state index contributed by atoms with van der Waals surface area (Å²) in [6, 6.07) is 0.394. The number of carbonyl (C=O) groups excluding carboxylic acids is 1. The summed E-state index contributed by atoms with van der Waals surface area (Å²) in [5, 5.41) is 3.05. The van der Waals surface area contributed by atoms with Gasteiger partial charge in [0, 0.05) is 13.1 Å². The maximum absolute atomic E-state index is 12.2. The summed E-state index contributed by atoms with van der Waals surface area (Å²) >= 11 is 0. The molecule has 0 amide bonds. The lowest BCUT2D eigenvalue weighted by Gasteiger charge is -2.15. The van der Waals surface area contributed by atoms with Gasteiger partial charge in [0.25, 0.3) is 6.02 Å². The van der Waals surface area contributed by atoms with E-state index in [1.807, 2.05) is 21.0 Å². The van der Waals surface area contributed by atoms with Crippen molar-refractivity contribution >= 4 is 12.0 Å². The van der Waals surface area contributed by atoms with Crippen LogP contribution in [0.4, 0.5) is 0 Å². The quantitative estimate of drug-likeness (QED) is 0.269. The van der Waals surface area contributed by atoms with E-state index in [9.17, 15) is 4.79 Å². The molecule has 0 aromatic heterocycles. The lowest BCUT2D eigenvalue weighted by atomic mass is 10.0. The minimum atomic E-state index is -0.107. The Balaban J connectivity index is 2.43. The van der Waals surface area contributed by atoms with Crippen molar-refractivity contribution in [3.05, 3.63) is 0 Å². The third-order valence-electron chi connectivity index (χ3n) is 3.73. The summed E-state index contributed by atoms with van der Waals surface area (Å²) in [6.45, 7) is 4.36. The Hall–Kier alpha value is -1.10. The minimum Gasteiger partial charge on any atom is -0.393 e. The summed E-state index contributed by atoms with van der Waals surface area (Å²) in [5.41, 5.74) is 0. The minimum absolute atomic E-state index is 0.0538. The van der Waals surface area contributed by atoms with Crippen molar-refractivity contribution in [2.24, 2.45) is 10.9 Å². The number of hydrogen-bond donors (Lipinski definition) is 1. The van der Waals surface area contributed by atoms with Crippen LogP contribution in [0.25, 0.3) is 0 Å². The Kier molecular flexibility index (Phi) is 9.06. The first-order chi connectivity index (χ1) is 10.1. The third kappa shape index (κ3) is 8.05. The fraction of sp³-hybridized carbons (Fsp3) is 0.875. The lowest BCUT2D eigenvalue weighted by Crippen LogP contribution is -2.31. The van der Waals surface area contributed by atoms with Crippen LogP contribution < -0.4 is 5.32 Å². The van der Waals surface area contributed by atoms with Gasteiger partial charge in [-0.15, -0.1) is 0 Å². The molecule has 0 heterocycles. The molecule has 122 valence electrons. The molecule has 0 aromatic rings. The zero-order chi connectivity index (χ0) is 15.5. The van der Waals surface area contributed by atoms with Crippen molar-refractivity contribution in [2.75, 3.05) is 33.7 Å². The van der Waals surface area contributed by atoms with Crippen molar-refractivity contribution in [3.63, 3.8) is 0 Å². The number of aliphatic imine (C=N–C) groups is 1. The molecule has 1 fully saturated rings. The topological polar surface area (TPSA) is 53.9 Å². The van der Waals surface area contributed by atoms with E-state index in [1.54, 1.807) is 0 Å². The van der Waals surface area contributed by atoms with Crippen LogP contribution in [0.1, 0.15) is 51.9 Å². The van der Waals surface area contributed by atoms with Crippen LogP contribution in [0.15, 0.2) is 4.99 Å². The van der Waals surface area contributed by atoms with Gasteiger partial charge in [0.15, 0.2) is 0 Å². The van der Waals surface area contributed by atoms with E-state index in [-0.39, 0.29) is 11.9 Å². The monoisotopic (exact) mass is 297 g/mol. The standard InChI is InChI=1S/C16H31N3O2/c1-4-17-16(18-12-9-13-19(2)3)21-15(20)14-10-7-5-6-8-11-14/h14H,4-13H2,1-3H3,(H,17,18). The molecule has 0 saturated heterocycles. The van der Waals surface area contributed by atoms with Crippen LogP contribution in [0, 0.1) is 5.92 Å². The van der Waals surface area contributed by atoms with Crippen LogP contribution in [-0.4, -0.2) is 50.6 Å². The molecule has 1 N–H and O–H groups in total. The van der Waals surface area contributed by atoms with E-state index in [0.29, 0.717) is 19.1 Å². The molecule has 5 heteroatoms. The first-order valence-electron chi connectivity index (χ1n) is 8.28. The number of hydrogen-bond acceptors (Lipinski definition) is 4. The van der Waals surface area contributed by atoms with Crippen molar-refractivity contribution in [1.29, 1.82) is 0 Å². The first-order valence-corrected chi connectivity index (χ1v) is 8.28. The molecule has 0 atom stereocenters. The molecule has 1 rings (SSSR count). The smallest absolute Gasteiger partial charge is 0.316 e. The predicted molar refractivity (Wildman–Crippen MR) is 86.4 cm³/mol. The molecule has 21 heavy (non-hydrogen) atoms. The van der Waals surface area contributed by atoms with Crippen molar-refractivity contribution < 1.29 is 9.53 Å². The summed E-state index contributed by atoms with van der Waals surface area (Å²) in [7, 11) is 4.09. The average molecular weight is 297 g/mol. The normalized spacial score (nSPS) is 17.6. The van der Waals surface area contributed by atoms with E-state index in [4.69, 9.17) is 4.74 Å². The molecule has 1 saturated carbocycles. The molecule has 0 aromatic carbocycles. The van der Waals surface area contributed by atoms with Crippen LogP contribution >= 0.6 is 0 Å². The molecule has 0 unspecified atom stereocenters. The number of carbonyl (C=O) groups is 1. The van der Waals surface area contributed by atoms with Gasteiger partial charge < -0.3 is 15.0 Å². The highest BCUT2D eigenvalue weighted by Crippen LogP contribution is 2.23. The van der Waals surface area contributed by atoms with Crippen molar-refractivity contribution in [2.45, 2.75) is 51.9 Å². The Labute approximate surface area is 129 Å². The largest absolute Gasteiger partial charge is 0.393 e. The highest BCUT2D eigenvalue weighted by Gasteiger charge is 2.22. The van der Waals surface area contributed by atoms with Gasteiger partial charge in [-0.3, -0.25) is 4.79 Å². The van der Waals surface area contributed by atoms with E-state index < -0.39 is 0 Å². The second kappa shape index (κ2) is 10.6. The number of amidine groups is 1. The second-order valence-corrected chi connectivity index (χ2v) is 5.98. The van der Waals surface area contributed by atoms with Crippen LogP contribution in [0.5, 0.6) is 0 Å². The highest BCUT2D eigenvalue weighted by atomic mass is 16.6. The van der Waals surface area contributed by atoms with Gasteiger partial charge in [-0.05, 0) is 46.8 Å². The maximum atomic E-state index is 12.2. The van der Waals surface area contributed by atoms with Crippen molar-refractivity contribution in [1.82, 2.24) is 10.2 Å². The highest BCUT2D eigenvalue weighted by molar-refractivity contribution is 5.88. The Morgan fingerprint density at radius 1 is 1.24 bits per heavy atom. The molecular formula is C16H31N3O2. The molecule has 0 radical (unpaired) electrons. The zero-order valence-corrected chi connectivity index (χ0v) is 13.9. The number of ether oxygens (including phenoxy) is 1. The molecule has 0 bridgehead atoms. The number of esters is 1. The second-order valence-electron chi connectivity index (χ2n) is 5.98. The van der Waals surface area contributed by atoms with Gasteiger partial charge in [-0.1, -0.05) is 25.7 Å². The Morgan fingerprint density at radius 3 is 2.48 bits per heavy atom. The third-order valence-corrected chi connectivity index (χ3v) is 3.73. The fourth-order valence-corrected chi connectivity index (χ4v) is 2.54. The van der Waals surface area contributed by atoms with E-state index in [1.165, 1.54) is 12.8 Å². The number of nitrogens with one attached hydrogen (secondary N) is 1. The summed E-state index contributed by atoms with van der Waals surface area (Å²) < 4.78 is 5.48. The molecule has 1 aliphatic carbocycles. The summed E-state index contributed by atoms with van der Waals surface area (Å²) in [4.78, 5) is 18.7. The molecule has 0 aliphatic heterocycles. The summed E-state index contributed by atoms with van der Waals surface area (Å²) in [5.74, 6) is -0.0534. The Morgan fingerprint density at radius 2 is 1.90 bits per heavy atom. The van der Waals surface area contributed by atoms with Crippen LogP contribution in [0.2, 0.25) is 0 Å². The molecule has 1 aliphatic rings. The van der Waals surface area contributed by atoms with E-state index >= 15 is 0 Å². The Bertz CT molecular complexity index is 321. The van der Waals surface area contributed by atoms with Crippen molar-refractivity contribution in [3.8, 4) is 0 Å². The predicted octanol–water partition coefficient (Wildman–Crippen LogP) is 2.42. The van der Waals surface area contributed by atoms with E-state index in [2.05, 4.69) is 15.2 Å². The van der Waals surface area contributed by atoms with Crippen LogP contribution in [-0.2, 0) is 9.53 Å².